The van der Waals surface area contributed by atoms with Gasteiger partial charge in [-0.3, -0.25) is 4.79 Å². The van der Waals surface area contributed by atoms with E-state index in [-0.39, 0.29) is 12.7 Å². The van der Waals surface area contributed by atoms with Crippen LogP contribution >= 0.6 is 11.6 Å². The first-order valence-corrected chi connectivity index (χ1v) is 7.16. The average molecular weight is 320 g/mol. The molecule has 22 heavy (non-hydrogen) atoms. The Morgan fingerprint density at radius 2 is 2.05 bits per heavy atom. The lowest BCUT2D eigenvalue weighted by Crippen LogP contribution is -2.28. The second-order valence-electron chi connectivity index (χ2n) is 4.63. The molecular weight excluding hydrogens is 306 g/mol. The van der Waals surface area contributed by atoms with Gasteiger partial charge >= 0.3 is 0 Å². The molecule has 0 saturated heterocycles. The molecule has 0 saturated carbocycles. The van der Waals surface area contributed by atoms with Crippen LogP contribution in [-0.2, 0) is 0 Å². The molecule has 1 aliphatic rings. The summed E-state index contributed by atoms with van der Waals surface area (Å²) in [4.78, 5) is 12.0. The Bertz CT molecular complexity index is 690. The third-order valence-corrected chi connectivity index (χ3v) is 3.32. The third-order valence-electron chi connectivity index (χ3n) is 3.09. The van der Waals surface area contributed by atoms with Gasteiger partial charge in [0.1, 0.15) is 12.4 Å². The third kappa shape index (κ3) is 3.43. The molecule has 1 heterocycles. The van der Waals surface area contributed by atoms with Crippen molar-refractivity contribution in [3.8, 4) is 17.2 Å². The van der Waals surface area contributed by atoms with E-state index < -0.39 is 0 Å². The second-order valence-corrected chi connectivity index (χ2v) is 5.07. The van der Waals surface area contributed by atoms with E-state index in [1.54, 1.807) is 30.3 Å². The zero-order valence-corrected chi connectivity index (χ0v) is 12.4. The summed E-state index contributed by atoms with van der Waals surface area (Å²) in [6.07, 6.45) is 0. The predicted octanol–water partition coefficient (Wildman–Crippen LogP) is 2.88. The molecule has 114 valence electrons. The number of ether oxygens (including phenoxy) is 3. The Kier molecular flexibility index (Phi) is 4.34. The lowest BCUT2D eigenvalue weighted by atomic mass is 10.2. The van der Waals surface area contributed by atoms with Crippen LogP contribution in [0.15, 0.2) is 42.5 Å². The number of carbonyl (C=O) groups excluding carboxylic acids is 1. The summed E-state index contributed by atoms with van der Waals surface area (Å²) in [5.74, 6) is 1.72. The number of amides is 1. The van der Waals surface area contributed by atoms with E-state index in [0.717, 1.165) is 0 Å². The van der Waals surface area contributed by atoms with Gasteiger partial charge in [0, 0.05) is 10.6 Å². The standard InChI is InChI=1S/C16H14ClNO4/c17-12-2-1-3-13(9-12)20-7-6-18-16(19)11-4-5-14-15(8-11)22-10-21-14/h1-5,8-9H,6-7,10H2,(H,18,19). The van der Waals surface area contributed by atoms with Gasteiger partial charge in [0.25, 0.3) is 5.91 Å². The van der Waals surface area contributed by atoms with Gasteiger partial charge in [-0.15, -0.1) is 0 Å². The average Bonchev–Trinajstić information content (AvgIpc) is 2.99. The Balaban J connectivity index is 1.48. The highest BCUT2D eigenvalue weighted by molar-refractivity contribution is 6.30. The summed E-state index contributed by atoms with van der Waals surface area (Å²) in [6, 6.07) is 12.2. The van der Waals surface area contributed by atoms with Crippen molar-refractivity contribution in [2.75, 3.05) is 19.9 Å². The fourth-order valence-electron chi connectivity index (χ4n) is 2.03. The Morgan fingerprint density at radius 1 is 1.18 bits per heavy atom. The normalized spacial score (nSPS) is 12.0. The van der Waals surface area contributed by atoms with Crippen molar-refractivity contribution < 1.29 is 19.0 Å². The van der Waals surface area contributed by atoms with Crippen molar-refractivity contribution in [3.05, 3.63) is 53.1 Å². The maximum Gasteiger partial charge on any atom is 0.251 e. The van der Waals surface area contributed by atoms with Gasteiger partial charge in [-0.1, -0.05) is 17.7 Å². The van der Waals surface area contributed by atoms with E-state index in [4.69, 9.17) is 25.8 Å². The molecule has 3 rings (SSSR count). The Labute approximate surface area is 132 Å². The van der Waals surface area contributed by atoms with Crippen LogP contribution in [0.5, 0.6) is 17.2 Å². The highest BCUT2D eigenvalue weighted by Gasteiger charge is 2.15. The summed E-state index contributed by atoms with van der Waals surface area (Å²) in [5, 5.41) is 3.39. The molecule has 0 unspecified atom stereocenters. The summed E-state index contributed by atoms with van der Waals surface area (Å²) in [6.45, 7) is 0.935. The zero-order chi connectivity index (χ0) is 15.4. The lowest BCUT2D eigenvalue weighted by molar-refractivity contribution is 0.0946. The first-order chi connectivity index (χ1) is 10.7. The van der Waals surface area contributed by atoms with Crippen molar-refractivity contribution in [2.45, 2.75) is 0 Å². The van der Waals surface area contributed by atoms with Crippen molar-refractivity contribution in [2.24, 2.45) is 0 Å². The molecule has 1 N–H and O–H groups in total. The number of nitrogens with one attached hydrogen (secondary N) is 1. The summed E-state index contributed by atoms with van der Waals surface area (Å²) in [7, 11) is 0. The van der Waals surface area contributed by atoms with Gasteiger partial charge in [-0.25, -0.2) is 0 Å². The van der Waals surface area contributed by atoms with E-state index in [2.05, 4.69) is 5.32 Å². The quantitative estimate of drug-likeness (QED) is 0.861. The highest BCUT2D eigenvalue weighted by atomic mass is 35.5. The van der Waals surface area contributed by atoms with E-state index >= 15 is 0 Å². The van der Waals surface area contributed by atoms with Gasteiger partial charge in [-0.05, 0) is 36.4 Å². The molecule has 2 aromatic carbocycles. The molecule has 0 fully saturated rings. The van der Waals surface area contributed by atoms with Crippen molar-refractivity contribution in [3.63, 3.8) is 0 Å². The topological polar surface area (TPSA) is 56.8 Å². The number of benzene rings is 2. The zero-order valence-electron chi connectivity index (χ0n) is 11.7. The molecule has 2 aromatic rings. The molecule has 0 aromatic heterocycles. The number of halogens is 1. The summed E-state index contributed by atoms with van der Waals surface area (Å²) < 4.78 is 16.0. The highest BCUT2D eigenvalue weighted by Crippen LogP contribution is 2.32. The fraction of sp³-hybridized carbons (Fsp3) is 0.188. The minimum atomic E-state index is -0.187. The number of hydrogen-bond donors (Lipinski definition) is 1. The van der Waals surface area contributed by atoms with Crippen LogP contribution in [0.2, 0.25) is 5.02 Å². The van der Waals surface area contributed by atoms with Crippen LogP contribution in [-0.4, -0.2) is 25.9 Å². The SMILES string of the molecule is O=C(NCCOc1cccc(Cl)c1)c1ccc2c(c1)OCO2. The van der Waals surface area contributed by atoms with Crippen molar-refractivity contribution in [1.82, 2.24) is 5.32 Å². The van der Waals surface area contributed by atoms with Gasteiger partial charge in [0.2, 0.25) is 6.79 Å². The smallest absolute Gasteiger partial charge is 0.251 e. The summed E-state index contributed by atoms with van der Waals surface area (Å²) >= 11 is 5.86. The molecule has 0 spiro atoms. The Morgan fingerprint density at radius 3 is 2.91 bits per heavy atom. The van der Waals surface area contributed by atoms with Crippen LogP contribution in [0.25, 0.3) is 0 Å². The molecule has 0 radical (unpaired) electrons. The van der Waals surface area contributed by atoms with Gasteiger partial charge < -0.3 is 19.5 Å². The fourth-order valence-corrected chi connectivity index (χ4v) is 2.21. The number of rotatable bonds is 5. The van der Waals surface area contributed by atoms with Gasteiger partial charge in [0.05, 0.1) is 6.54 Å². The molecule has 6 heteroatoms. The van der Waals surface area contributed by atoms with E-state index in [9.17, 15) is 4.79 Å². The van der Waals surface area contributed by atoms with Gasteiger partial charge in [0.15, 0.2) is 11.5 Å². The number of fused-ring (bicyclic) bond motifs is 1. The monoisotopic (exact) mass is 319 g/mol. The maximum atomic E-state index is 12.0. The molecular formula is C16H14ClNO4. The van der Waals surface area contributed by atoms with Gasteiger partial charge in [-0.2, -0.15) is 0 Å². The van der Waals surface area contributed by atoms with E-state index in [0.29, 0.717) is 41.0 Å². The van der Waals surface area contributed by atoms with E-state index in [1.165, 1.54) is 0 Å². The number of hydrogen-bond acceptors (Lipinski definition) is 4. The van der Waals surface area contributed by atoms with Crippen molar-refractivity contribution in [1.29, 1.82) is 0 Å². The summed E-state index contributed by atoms with van der Waals surface area (Å²) in [5.41, 5.74) is 0.520. The van der Waals surface area contributed by atoms with Crippen LogP contribution in [0.1, 0.15) is 10.4 Å². The largest absolute Gasteiger partial charge is 0.492 e. The minimum absolute atomic E-state index is 0.187. The lowest BCUT2D eigenvalue weighted by Gasteiger charge is -2.08. The van der Waals surface area contributed by atoms with Crippen LogP contribution < -0.4 is 19.5 Å². The maximum absolute atomic E-state index is 12.0. The predicted molar refractivity (Wildman–Crippen MR) is 81.8 cm³/mol. The van der Waals surface area contributed by atoms with E-state index in [1.807, 2.05) is 12.1 Å². The van der Waals surface area contributed by atoms with Crippen LogP contribution in [0.3, 0.4) is 0 Å². The second kappa shape index (κ2) is 6.58. The van der Waals surface area contributed by atoms with Crippen LogP contribution in [0.4, 0.5) is 0 Å². The molecule has 0 atom stereocenters. The molecule has 1 aliphatic heterocycles. The first-order valence-electron chi connectivity index (χ1n) is 6.78. The van der Waals surface area contributed by atoms with Crippen LogP contribution in [0, 0.1) is 0 Å². The molecule has 1 amide bonds. The molecule has 0 aliphatic carbocycles. The van der Waals surface area contributed by atoms with Crippen molar-refractivity contribution >= 4 is 17.5 Å². The Hall–Kier alpha value is -2.40. The first kappa shape index (κ1) is 14.5. The molecule has 5 nitrogen and oxygen atoms in total. The minimum Gasteiger partial charge on any atom is -0.492 e. The molecule has 0 bridgehead atoms. The number of carbonyl (C=O) groups is 1.